The first-order valence-corrected chi connectivity index (χ1v) is 7.10. The van der Waals surface area contributed by atoms with Gasteiger partial charge in [0.05, 0.1) is 23.2 Å². The fourth-order valence-corrected chi connectivity index (χ4v) is 2.68. The van der Waals surface area contributed by atoms with Gasteiger partial charge in [-0.3, -0.25) is 4.68 Å². The number of nitrogens with zero attached hydrogens (tertiary/aromatic N) is 4. The molecular weight excluding hydrogens is 315 g/mol. The molecule has 0 bridgehead atoms. The zero-order valence-electron chi connectivity index (χ0n) is 13.3. The number of aromatic nitrogens is 3. The molecule has 0 aliphatic heterocycles. The Balaban J connectivity index is 2.35. The van der Waals surface area contributed by atoms with Crippen LogP contribution in [0.15, 0.2) is 27.9 Å². The summed E-state index contributed by atoms with van der Waals surface area (Å²) in [6.45, 7) is 3.53. The minimum absolute atomic E-state index is 0.439. The van der Waals surface area contributed by atoms with Crippen molar-refractivity contribution in [3.05, 3.63) is 41.2 Å². The molecule has 124 valence electrons. The van der Waals surface area contributed by atoms with Crippen molar-refractivity contribution in [2.75, 3.05) is 0 Å². The SMILES string of the molecule is Cc1noc(C)c1-c1c(-c2ccc(O)c(F)c2)nn(C)c1/C=N\O. The van der Waals surface area contributed by atoms with Gasteiger partial charge in [-0.2, -0.15) is 5.10 Å². The van der Waals surface area contributed by atoms with Gasteiger partial charge in [0.1, 0.15) is 11.5 Å². The lowest BCUT2D eigenvalue weighted by molar-refractivity contribution is 0.321. The van der Waals surface area contributed by atoms with Crippen LogP contribution in [0.5, 0.6) is 5.75 Å². The van der Waals surface area contributed by atoms with E-state index in [4.69, 9.17) is 9.73 Å². The molecule has 0 atom stereocenters. The molecule has 1 aromatic carbocycles. The number of phenolic OH excluding ortho intramolecular Hbond substituents is 1. The standard InChI is InChI=1S/C16H15FN4O3/c1-8-14(9(2)24-20-8)15-12(7-18-23)21(3)19-16(15)10-4-5-13(22)11(17)6-10/h4-7,22-23H,1-3H3/b18-7-. The van der Waals surface area contributed by atoms with Gasteiger partial charge in [0.15, 0.2) is 11.6 Å². The van der Waals surface area contributed by atoms with Crippen molar-refractivity contribution < 1.29 is 19.2 Å². The summed E-state index contributed by atoms with van der Waals surface area (Å²) in [5.74, 6) is -0.625. The molecule has 0 aliphatic carbocycles. The fraction of sp³-hybridized carbons (Fsp3) is 0.188. The maximum Gasteiger partial charge on any atom is 0.165 e. The number of hydrogen-bond donors (Lipinski definition) is 2. The van der Waals surface area contributed by atoms with Crippen LogP contribution >= 0.6 is 0 Å². The summed E-state index contributed by atoms with van der Waals surface area (Å²) in [5.41, 5.74) is 3.37. The van der Waals surface area contributed by atoms with E-state index in [-0.39, 0.29) is 0 Å². The second-order valence-corrected chi connectivity index (χ2v) is 5.34. The van der Waals surface area contributed by atoms with Crippen LogP contribution < -0.4 is 0 Å². The summed E-state index contributed by atoms with van der Waals surface area (Å²) < 4.78 is 20.5. The molecule has 0 saturated carbocycles. The summed E-state index contributed by atoms with van der Waals surface area (Å²) in [6, 6.07) is 4.01. The van der Waals surface area contributed by atoms with E-state index >= 15 is 0 Å². The van der Waals surface area contributed by atoms with Crippen molar-refractivity contribution >= 4 is 6.21 Å². The Labute approximate surface area is 136 Å². The Morgan fingerprint density at radius 2 is 2.04 bits per heavy atom. The molecule has 0 saturated heterocycles. The zero-order chi connectivity index (χ0) is 17.4. The predicted octanol–water partition coefficient (Wildman–Crippen LogP) is 3.01. The first-order valence-electron chi connectivity index (χ1n) is 7.10. The highest BCUT2D eigenvalue weighted by atomic mass is 19.1. The van der Waals surface area contributed by atoms with Gasteiger partial charge in [-0.05, 0) is 32.0 Å². The summed E-state index contributed by atoms with van der Waals surface area (Å²) in [5, 5.41) is 29.8. The Kier molecular flexibility index (Phi) is 3.80. The van der Waals surface area contributed by atoms with Crippen molar-refractivity contribution in [2.45, 2.75) is 13.8 Å². The molecule has 3 aromatic rings. The van der Waals surface area contributed by atoms with Crippen LogP contribution in [0.25, 0.3) is 22.4 Å². The number of halogens is 1. The van der Waals surface area contributed by atoms with Crippen molar-refractivity contribution in [2.24, 2.45) is 12.2 Å². The van der Waals surface area contributed by atoms with Crippen LogP contribution in [-0.4, -0.2) is 31.5 Å². The molecule has 3 rings (SSSR count). The third kappa shape index (κ3) is 2.41. The maximum atomic E-state index is 13.8. The van der Waals surface area contributed by atoms with E-state index in [1.165, 1.54) is 23.0 Å². The lowest BCUT2D eigenvalue weighted by Crippen LogP contribution is -1.98. The minimum Gasteiger partial charge on any atom is -0.505 e. The van der Waals surface area contributed by atoms with Gasteiger partial charge in [0.25, 0.3) is 0 Å². The van der Waals surface area contributed by atoms with Crippen molar-refractivity contribution in [3.8, 4) is 28.1 Å². The highest BCUT2D eigenvalue weighted by Crippen LogP contribution is 2.38. The Morgan fingerprint density at radius 3 is 2.62 bits per heavy atom. The topological polar surface area (TPSA) is 96.7 Å². The highest BCUT2D eigenvalue weighted by molar-refractivity contribution is 5.96. The molecule has 24 heavy (non-hydrogen) atoms. The Morgan fingerprint density at radius 1 is 1.29 bits per heavy atom. The second-order valence-electron chi connectivity index (χ2n) is 5.34. The van der Waals surface area contributed by atoms with Gasteiger partial charge >= 0.3 is 0 Å². The predicted molar refractivity (Wildman–Crippen MR) is 84.6 cm³/mol. The van der Waals surface area contributed by atoms with Gasteiger partial charge in [-0.1, -0.05) is 10.3 Å². The van der Waals surface area contributed by atoms with E-state index in [9.17, 15) is 9.50 Å². The molecule has 0 unspecified atom stereocenters. The number of aromatic hydroxyl groups is 1. The molecule has 7 nitrogen and oxygen atoms in total. The smallest absolute Gasteiger partial charge is 0.165 e. The number of phenols is 1. The quantitative estimate of drug-likeness (QED) is 0.437. The summed E-state index contributed by atoms with van der Waals surface area (Å²) >= 11 is 0. The van der Waals surface area contributed by atoms with Crippen molar-refractivity contribution in [3.63, 3.8) is 0 Å². The molecule has 2 N–H and O–H groups in total. The van der Waals surface area contributed by atoms with E-state index in [1.54, 1.807) is 27.0 Å². The summed E-state index contributed by atoms with van der Waals surface area (Å²) in [7, 11) is 1.68. The number of aryl methyl sites for hydroxylation is 3. The maximum absolute atomic E-state index is 13.8. The van der Waals surface area contributed by atoms with Gasteiger partial charge < -0.3 is 14.8 Å². The van der Waals surface area contributed by atoms with Crippen molar-refractivity contribution in [1.29, 1.82) is 0 Å². The Hall–Kier alpha value is -3.16. The third-order valence-corrected chi connectivity index (χ3v) is 3.78. The van der Waals surface area contributed by atoms with Crippen LogP contribution in [0.3, 0.4) is 0 Å². The van der Waals surface area contributed by atoms with E-state index in [2.05, 4.69) is 15.4 Å². The largest absolute Gasteiger partial charge is 0.505 e. The van der Waals surface area contributed by atoms with Gasteiger partial charge in [0.2, 0.25) is 0 Å². The van der Waals surface area contributed by atoms with Crippen LogP contribution in [-0.2, 0) is 7.05 Å². The average molecular weight is 330 g/mol. The lowest BCUT2D eigenvalue weighted by atomic mass is 9.97. The van der Waals surface area contributed by atoms with Crippen molar-refractivity contribution in [1.82, 2.24) is 14.9 Å². The molecule has 0 fully saturated rings. The second kappa shape index (κ2) is 5.80. The zero-order valence-corrected chi connectivity index (χ0v) is 13.3. The minimum atomic E-state index is -0.750. The number of oxime groups is 1. The number of hydrogen-bond acceptors (Lipinski definition) is 6. The molecule has 8 heteroatoms. The molecule has 2 heterocycles. The number of benzene rings is 1. The normalized spacial score (nSPS) is 11.5. The van der Waals surface area contributed by atoms with E-state index in [0.717, 1.165) is 0 Å². The van der Waals surface area contributed by atoms with Crippen LogP contribution in [0.2, 0.25) is 0 Å². The molecule has 0 aliphatic rings. The van der Waals surface area contributed by atoms with Gasteiger partial charge in [-0.25, -0.2) is 4.39 Å². The molecule has 2 aromatic heterocycles. The summed E-state index contributed by atoms with van der Waals surface area (Å²) in [4.78, 5) is 0. The molecule has 0 amide bonds. The lowest BCUT2D eigenvalue weighted by Gasteiger charge is -2.05. The number of rotatable bonds is 3. The van der Waals surface area contributed by atoms with E-state index in [1.807, 2.05) is 0 Å². The first kappa shape index (κ1) is 15.7. The third-order valence-electron chi connectivity index (χ3n) is 3.78. The van der Waals surface area contributed by atoms with Gasteiger partial charge in [0, 0.05) is 18.2 Å². The van der Waals surface area contributed by atoms with Crippen LogP contribution in [0.4, 0.5) is 4.39 Å². The molecule has 0 radical (unpaired) electrons. The monoisotopic (exact) mass is 330 g/mol. The molecular formula is C16H15FN4O3. The van der Waals surface area contributed by atoms with Gasteiger partial charge in [-0.15, -0.1) is 0 Å². The average Bonchev–Trinajstić information content (AvgIpc) is 3.03. The van der Waals surface area contributed by atoms with Crippen LogP contribution in [0, 0.1) is 19.7 Å². The summed E-state index contributed by atoms with van der Waals surface area (Å²) in [6.07, 6.45) is 1.24. The Bertz CT molecular complexity index is 924. The van der Waals surface area contributed by atoms with Crippen LogP contribution in [0.1, 0.15) is 17.1 Å². The molecule has 0 spiro atoms. The first-order chi connectivity index (χ1) is 11.4. The fourth-order valence-electron chi connectivity index (χ4n) is 2.68. The van der Waals surface area contributed by atoms with E-state index in [0.29, 0.717) is 39.5 Å². The van der Waals surface area contributed by atoms with E-state index < -0.39 is 11.6 Å². The highest BCUT2D eigenvalue weighted by Gasteiger charge is 2.24.